The molecule has 1 amide bonds. The van der Waals surface area contributed by atoms with Crippen LogP contribution in [0.5, 0.6) is 0 Å². The summed E-state index contributed by atoms with van der Waals surface area (Å²) in [6.45, 7) is 7.09. The minimum atomic E-state index is -0.948. The van der Waals surface area contributed by atoms with Crippen molar-refractivity contribution in [1.29, 1.82) is 0 Å². The Morgan fingerprint density at radius 2 is 1.68 bits per heavy atom. The van der Waals surface area contributed by atoms with Crippen LogP contribution in [0.2, 0.25) is 25.7 Å². The van der Waals surface area contributed by atoms with Crippen LogP contribution < -0.4 is 5.32 Å². The van der Waals surface area contributed by atoms with E-state index in [1.54, 1.807) is 7.05 Å². The van der Waals surface area contributed by atoms with Crippen molar-refractivity contribution in [3.63, 3.8) is 0 Å². The number of ketones is 1. The third-order valence-electron chi connectivity index (χ3n) is 2.88. The lowest BCUT2D eigenvalue weighted by molar-refractivity contribution is -0.125. The largest absolute Gasteiger partial charge is 0.359 e. The van der Waals surface area contributed by atoms with E-state index < -0.39 is 8.07 Å². The van der Waals surface area contributed by atoms with Crippen LogP contribution in [-0.2, 0) is 9.59 Å². The molecule has 0 aromatic carbocycles. The quantitative estimate of drug-likeness (QED) is 0.379. The zero-order valence-electron chi connectivity index (χ0n) is 12.9. The molecule has 0 radical (unpaired) electrons. The molecule has 0 atom stereocenters. The van der Waals surface area contributed by atoms with E-state index in [0.29, 0.717) is 19.3 Å². The molecule has 0 bridgehead atoms. The van der Waals surface area contributed by atoms with Crippen LogP contribution in [0.15, 0.2) is 12.2 Å². The van der Waals surface area contributed by atoms with Crippen LogP contribution >= 0.6 is 0 Å². The van der Waals surface area contributed by atoms with Crippen LogP contribution in [0.1, 0.15) is 38.5 Å². The minimum Gasteiger partial charge on any atom is -0.359 e. The number of nitrogens with one attached hydrogen (secondary N) is 1. The number of Topliss-reactive ketones (excluding diaryl/α,β-unsaturated/α-hetero) is 1. The summed E-state index contributed by atoms with van der Waals surface area (Å²) >= 11 is 0. The molecule has 0 fully saturated rings. The fourth-order valence-electron chi connectivity index (χ4n) is 1.64. The smallest absolute Gasteiger partial charge is 0.220 e. The van der Waals surface area contributed by atoms with E-state index in [9.17, 15) is 9.59 Å². The van der Waals surface area contributed by atoms with Crippen molar-refractivity contribution in [1.82, 2.24) is 5.32 Å². The van der Waals surface area contributed by atoms with Crippen LogP contribution in [0.4, 0.5) is 0 Å². The Hall–Kier alpha value is -0.903. The summed E-state index contributed by atoms with van der Waals surface area (Å²) in [6, 6.07) is 1.23. The molecule has 110 valence electrons. The first-order valence-corrected chi connectivity index (χ1v) is 10.9. The van der Waals surface area contributed by atoms with Gasteiger partial charge in [-0.1, -0.05) is 31.8 Å². The van der Waals surface area contributed by atoms with E-state index in [-0.39, 0.29) is 11.7 Å². The lowest BCUT2D eigenvalue weighted by atomic mass is 10.1. The number of unbranched alkanes of at least 4 members (excludes halogenated alkanes) is 2. The molecule has 0 heterocycles. The van der Waals surface area contributed by atoms with E-state index in [1.807, 2.05) is 0 Å². The minimum absolute atomic E-state index is 0.0531. The number of allylic oxidation sites excluding steroid dienone is 2. The maximum absolute atomic E-state index is 11.5. The molecule has 0 aromatic heterocycles. The normalized spacial score (nSPS) is 11.8. The number of carbonyl (C=O) groups excluding carboxylic acids is 2. The van der Waals surface area contributed by atoms with Crippen molar-refractivity contribution in [2.45, 2.75) is 64.2 Å². The van der Waals surface area contributed by atoms with Crippen molar-refractivity contribution >= 4 is 19.8 Å². The first-order valence-electron chi connectivity index (χ1n) is 7.22. The molecule has 0 spiro atoms. The fraction of sp³-hybridized carbons (Fsp3) is 0.733. The SMILES string of the molecule is CNC(=O)CCC(=O)CCCCC=CC[Si](C)(C)C. The molecule has 0 saturated heterocycles. The van der Waals surface area contributed by atoms with Gasteiger partial charge in [0.1, 0.15) is 5.78 Å². The lowest BCUT2D eigenvalue weighted by Gasteiger charge is -2.11. The van der Waals surface area contributed by atoms with Gasteiger partial charge in [0.15, 0.2) is 0 Å². The highest BCUT2D eigenvalue weighted by Crippen LogP contribution is 2.10. The highest BCUT2D eigenvalue weighted by molar-refractivity contribution is 6.76. The van der Waals surface area contributed by atoms with Crippen LogP contribution in [0.25, 0.3) is 0 Å². The molecule has 0 aliphatic heterocycles. The van der Waals surface area contributed by atoms with Gasteiger partial charge < -0.3 is 5.32 Å². The van der Waals surface area contributed by atoms with Crippen molar-refractivity contribution in [3.05, 3.63) is 12.2 Å². The van der Waals surface area contributed by atoms with Crippen molar-refractivity contribution in [2.75, 3.05) is 7.05 Å². The summed E-state index contributed by atoms with van der Waals surface area (Å²) < 4.78 is 0. The maximum atomic E-state index is 11.5. The van der Waals surface area contributed by atoms with E-state index in [2.05, 4.69) is 37.1 Å². The number of carbonyl (C=O) groups is 2. The van der Waals surface area contributed by atoms with Gasteiger partial charge in [-0.05, 0) is 25.3 Å². The first-order chi connectivity index (χ1) is 8.85. The predicted molar refractivity (Wildman–Crippen MR) is 84.1 cm³/mol. The fourth-order valence-corrected chi connectivity index (χ4v) is 2.52. The summed E-state index contributed by atoms with van der Waals surface area (Å²) in [7, 11) is 0.649. The van der Waals surface area contributed by atoms with Gasteiger partial charge in [-0.3, -0.25) is 9.59 Å². The topological polar surface area (TPSA) is 46.2 Å². The molecule has 0 rings (SSSR count). The molecule has 4 heteroatoms. The maximum Gasteiger partial charge on any atom is 0.220 e. The molecule has 0 aliphatic carbocycles. The number of rotatable bonds is 10. The molecular weight excluding hydrogens is 254 g/mol. The number of hydrogen-bond donors (Lipinski definition) is 1. The standard InChI is InChI=1S/C15H29NO2Si/c1-16-15(18)12-11-14(17)10-8-6-5-7-9-13-19(2,3)4/h7,9H,5-6,8,10-13H2,1-4H3,(H,16,18). The third kappa shape index (κ3) is 13.3. The summed E-state index contributed by atoms with van der Waals surface area (Å²) in [6.07, 6.45) is 8.91. The van der Waals surface area contributed by atoms with Gasteiger partial charge in [0.05, 0.1) is 0 Å². The molecular formula is C15H29NO2Si. The van der Waals surface area contributed by atoms with Gasteiger partial charge in [-0.15, -0.1) is 0 Å². The van der Waals surface area contributed by atoms with Gasteiger partial charge in [0, 0.05) is 34.4 Å². The molecule has 19 heavy (non-hydrogen) atoms. The summed E-state index contributed by atoms with van der Waals surface area (Å²) in [5.41, 5.74) is 0. The zero-order valence-corrected chi connectivity index (χ0v) is 13.9. The Morgan fingerprint density at radius 3 is 2.26 bits per heavy atom. The van der Waals surface area contributed by atoms with Gasteiger partial charge >= 0.3 is 0 Å². The summed E-state index contributed by atoms with van der Waals surface area (Å²) in [5.74, 6) is 0.150. The van der Waals surface area contributed by atoms with E-state index in [0.717, 1.165) is 19.3 Å². The second-order valence-corrected chi connectivity index (χ2v) is 11.7. The second-order valence-electron chi connectivity index (χ2n) is 6.19. The van der Waals surface area contributed by atoms with Crippen molar-refractivity contribution in [3.8, 4) is 0 Å². The van der Waals surface area contributed by atoms with Gasteiger partial charge in [0.25, 0.3) is 0 Å². The molecule has 0 aromatic rings. The van der Waals surface area contributed by atoms with Gasteiger partial charge in [0.2, 0.25) is 5.91 Å². The molecule has 0 aliphatic rings. The van der Waals surface area contributed by atoms with Crippen molar-refractivity contribution < 1.29 is 9.59 Å². The van der Waals surface area contributed by atoms with Crippen LogP contribution in [-0.4, -0.2) is 26.8 Å². The Morgan fingerprint density at radius 1 is 1.00 bits per heavy atom. The van der Waals surface area contributed by atoms with E-state index >= 15 is 0 Å². The van der Waals surface area contributed by atoms with Crippen LogP contribution in [0.3, 0.4) is 0 Å². The predicted octanol–water partition coefficient (Wildman–Crippen LogP) is 3.54. The number of hydrogen-bond acceptors (Lipinski definition) is 2. The van der Waals surface area contributed by atoms with Crippen molar-refractivity contribution in [2.24, 2.45) is 0 Å². The molecule has 3 nitrogen and oxygen atoms in total. The molecule has 1 N–H and O–H groups in total. The number of amides is 1. The van der Waals surface area contributed by atoms with E-state index in [1.165, 1.54) is 6.04 Å². The Bertz CT molecular complexity index is 306. The Balaban J connectivity index is 3.49. The third-order valence-corrected chi connectivity index (χ3v) is 4.34. The summed E-state index contributed by atoms with van der Waals surface area (Å²) in [5, 5.41) is 2.53. The Labute approximate surface area is 118 Å². The average molecular weight is 283 g/mol. The highest BCUT2D eigenvalue weighted by atomic mass is 28.3. The highest BCUT2D eigenvalue weighted by Gasteiger charge is 2.09. The Kier molecular flexibility index (Phi) is 9.48. The van der Waals surface area contributed by atoms with Gasteiger partial charge in [-0.2, -0.15) is 0 Å². The van der Waals surface area contributed by atoms with Gasteiger partial charge in [-0.25, -0.2) is 0 Å². The lowest BCUT2D eigenvalue weighted by Crippen LogP contribution is -2.18. The molecule has 0 saturated carbocycles. The monoisotopic (exact) mass is 283 g/mol. The second kappa shape index (κ2) is 9.95. The average Bonchev–Trinajstić information content (AvgIpc) is 2.33. The zero-order chi connectivity index (χ0) is 14.7. The van der Waals surface area contributed by atoms with E-state index in [4.69, 9.17) is 0 Å². The molecule has 0 unspecified atom stereocenters. The first kappa shape index (κ1) is 18.1. The van der Waals surface area contributed by atoms with Crippen LogP contribution in [0, 0.1) is 0 Å². The summed E-state index contributed by atoms with van der Waals surface area (Å²) in [4.78, 5) is 22.5.